The SMILES string of the molecule is CCc1ccc(NC(N)=NCc2ccc(C(=O)N3CC(C)OC(C)C3)cc2)cc1.I. The lowest BCUT2D eigenvalue weighted by molar-refractivity contribution is -0.0586. The molecule has 0 aliphatic carbocycles. The van der Waals surface area contributed by atoms with Crippen LogP contribution in [0.1, 0.15) is 42.3 Å². The highest BCUT2D eigenvalue weighted by molar-refractivity contribution is 14.0. The topological polar surface area (TPSA) is 79.9 Å². The minimum atomic E-state index is 0. The lowest BCUT2D eigenvalue weighted by Crippen LogP contribution is -2.48. The quantitative estimate of drug-likeness (QED) is 0.353. The highest BCUT2D eigenvalue weighted by Crippen LogP contribution is 2.15. The largest absolute Gasteiger partial charge is 0.372 e. The van der Waals surface area contributed by atoms with E-state index in [1.807, 2.05) is 55.1 Å². The van der Waals surface area contributed by atoms with Gasteiger partial charge in [0.2, 0.25) is 0 Å². The Bertz CT molecular complexity index is 843. The minimum absolute atomic E-state index is 0. The number of guanidine groups is 1. The second kappa shape index (κ2) is 11.3. The summed E-state index contributed by atoms with van der Waals surface area (Å²) in [5.74, 6) is 0.407. The second-order valence-electron chi connectivity index (χ2n) is 7.54. The second-order valence-corrected chi connectivity index (χ2v) is 7.54. The Balaban J connectivity index is 0.00000320. The van der Waals surface area contributed by atoms with Crippen molar-refractivity contribution < 1.29 is 9.53 Å². The number of hydrogen-bond donors (Lipinski definition) is 2. The number of benzene rings is 2. The molecule has 1 heterocycles. The molecule has 2 aromatic rings. The zero-order valence-corrected chi connectivity index (χ0v) is 20.1. The number of carbonyl (C=O) groups excluding carboxylic acids is 1. The smallest absolute Gasteiger partial charge is 0.254 e. The lowest BCUT2D eigenvalue weighted by Gasteiger charge is -2.35. The van der Waals surface area contributed by atoms with Crippen molar-refractivity contribution in [2.75, 3.05) is 18.4 Å². The van der Waals surface area contributed by atoms with E-state index in [1.54, 1.807) is 0 Å². The number of anilines is 1. The number of nitrogens with zero attached hydrogens (tertiary/aromatic N) is 2. The highest BCUT2D eigenvalue weighted by Gasteiger charge is 2.26. The van der Waals surface area contributed by atoms with Crippen LogP contribution < -0.4 is 11.1 Å². The van der Waals surface area contributed by atoms with Crippen molar-refractivity contribution in [1.29, 1.82) is 0 Å². The Morgan fingerprint density at radius 3 is 2.20 bits per heavy atom. The molecular formula is C23H31IN4O2. The van der Waals surface area contributed by atoms with Crippen molar-refractivity contribution in [3.8, 4) is 0 Å². The molecule has 1 fully saturated rings. The van der Waals surface area contributed by atoms with Gasteiger partial charge in [0.25, 0.3) is 5.91 Å². The van der Waals surface area contributed by atoms with E-state index < -0.39 is 0 Å². The molecule has 0 saturated carbocycles. The van der Waals surface area contributed by atoms with Crippen LogP contribution in [0.5, 0.6) is 0 Å². The Hall–Kier alpha value is -2.13. The van der Waals surface area contributed by atoms with Gasteiger partial charge in [0.1, 0.15) is 0 Å². The number of carbonyl (C=O) groups is 1. The van der Waals surface area contributed by atoms with Crippen molar-refractivity contribution in [2.45, 2.75) is 45.9 Å². The van der Waals surface area contributed by atoms with E-state index >= 15 is 0 Å². The van der Waals surface area contributed by atoms with Crippen molar-refractivity contribution in [3.05, 3.63) is 65.2 Å². The van der Waals surface area contributed by atoms with E-state index in [0.29, 0.717) is 31.2 Å². The molecule has 7 heteroatoms. The number of aryl methyl sites for hydroxylation is 1. The molecule has 2 atom stereocenters. The summed E-state index contributed by atoms with van der Waals surface area (Å²) < 4.78 is 5.70. The van der Waals surface area contributed by atoms with Crippen molar-refractivity contribution in [1.82, 2.24) is 4.90 Å². The maximum atomic E-state index is 12.7. The predicted molar refractivity (Wildman–Crippen MR) is 133 cm³/mol. The number of hydrogen-bond acceptors (Lipinski definition) is 3. The monoisotopic (exact) mass is 522 g/mol. The highest BCUT2D eigenvalue weighted by atomic mass is 127. The van der Waals surface area contributed by atoms with Gasteiger partial charge in [0.15, 0.2) is 5.96 Å². The van der Waals surface area contributed by atoms with E-state index in [0.717, 1.165) is 17.7 Å². The molecule has 3 rings (SSSR count). The molecule has 30 heavy (non-hydrogen) atoms. The zero-order valence-electron chi connectivity index (χ0n) is 17.8. The van der Waals surface area contributed by atoms with E-state index in [4.69, 9.17) is 10.5 Å². The molecule has 0 bridgehead atoms. The molecule has 1 aliphatic heterocycles. The van der Waals surface area contributed by atoms with Crippen LogP contribution in [-0.2, 0) is 17.7 Å². The summed E-state index contributed by atoms with van der Waals surface area (Å²) >= 11 is 0. The molecule has 1 saturated heterocycles. The summed E-state index contributed by atoms with van der Waals surface area (Å²) in [6.07, 6.45) is 1.13. The first kappa shape index (κ1) is 24.1. The van der Waals surface area contributed by atoms with Gasteiger partial charge in [-0.2, -0.15) is 0 Å². The number of halogens is 1. The molecule has 2 unspecified atom stereocenters. The number of rotatable bonds is 5. The van der Waals surface area contributed by atoms with E-state index in [1.165, 1.54) is 5.56 Å². The molecule has 1 aliphatic rings. The number of ether oxygens (including phenoxy) is 1. The molecule has 0 radical (unpaired) electrons. The van der Waals surface area contributed by atoms with E-state index in [9.17, 15) is 4.79 Å². The van der Waals surface area contributed by atoms with Crippen molar-refractivity contribution in [3.63, 3.8) is 0 Å². The summed E-state index contributed by atoms with van der Waals surface area (Å²) in [6.45, 7) is 7.81. The number of amides is 1. The van der Waals surface area contributed by atoms with Crippen molar-refractivity contribution >= 4 is 41.5 Å². The van der Waals surface area contributed by atoms with Crippen LogP contribution in [0.15, 0.2) is 53.5 Å². The van der Waals surface area contributed by atoms with Crippen LogP contribution in [0.25, 0.3) is 0 Å². The average molecular weight is 522 g/mol. The first-order chi connectivity index (χ1) is 13.9. The van der Waals surface area contributed by atoms with Gasteiger partial charge in [-0.25, -0.2) is 4.99 Å². The molecule has 0 spiro atoms. The van der Waals surface area contributed by atoms with Gasteiger partial charge in [-0.15, -0.1) is 24.0 Å². The Morgan fingerprint density at radius 2 is 1.63 bits per heavy atom. The number of aliphatic imine (C=N–C) groups is 1. The summed E-state index contributed by atoms with van der Waals surface area (Å²) in [4.78, 5) is 19.0. The third-order valence-electron chi connectivity index (χ3n) is 4.97. The zero-order chi connectivity index (χ0) is 20.8. The van der Waals surface area contributed by atoms with Crippen molar-refractivity contribution in [2.24, 2.45) is 10.7 Å². The molecule has 2 aromatic carbocycles. The number of nitrogens with two attached hydrogens (primary N) is 1. The molecule has 6 nitrogen and oxygen atoms in total. The Labute approximate surface area is 195 Å². The summed E-state index contributed by atoms with van der Waals surface area (Å²) in [5.41, 5.74) is 9.86. The Kier molecular flexibility index (Phi) is 9.10. The lowest BCUT2D eigenvalue weighted by atomic mass is 10.1. The minimum Gasteiger partial charge on any atom is -0.372 e. The average Bonchev–Trinajstić information content (AvgIpc) is 2.72. The van der Waals surface area contributed by atoms with Crippen LogP contribution in [0.2, 0.25) is 0 Å². The van der Waals surface area contributed by atoms with Gasteiger partial charge in [-0.3, -0.25) is 4.79 Å². The fourth-order valence-electron chi connectivity index (χ4n) is 3.47. The van der Waals surface area contributed by atoms with Crippen LogP contribution >= 0.6 is 24.0 Å². The van der Waals surface area contributed by atoms with Crippen LogP contribution in [0, 0.1) is 0 Å². The van der Waals surface area contributed by atoms with Gasteiger partial charge in [0.05, 0.1) is 18.8 Å². The molecule has 0 aromatic heterocycles. The van der Waals surface area contributed by atoms with Crippen LogP contribution in [0.3, 0.4) is 0 Å². The fraction of sp³-hybridized carbons (Fsp3) is 0.391. The first-order valence-electron chi connectivity index (χ1n) is 10.1. The Morgan fingerprint density at radius 1 is 1.07 bits per heavy atom. The van der Waals surface area contributed by atoms with Gasteiger partial charge in [-0.05, 0) is 55.7 Å². The molecule has 1 amide bonds. The van der Waals surface area contributed by atoms with E-state index in [2.05, 4.69) is 29.4 Å². The molecule has 3 N–H and O–H groups in total. The normalized spacial score (nSPS) is 19.2. The fourth-order valence-corrected chi connectivity index (χ4v) is 3.47. The van der Waals surface area contributed by atoms with E-state index in [-0.39, 0.29) is 42.1 Å². The third kappa shape index (κ3) is 6.70. The summed E-state index contributed by atoms with van der Waals surface area (Å²) in [7, 11) is 0. The number of nitrogens with one attached hydrogen (secondary N) is 1. The van der Waals surface area contributed by atoms with Gasteiger partial charge >= 0.3 is 0 Å². The van der Waals surface area contributed by atoms with Crippen LogP contribution in [0.4, 0.5) is 5.69 Å². The van der Waals surface area contributed by atoms with Crippen LogP contribution in [-0.4, -0.2) is 42.1 Å². The summed E-state index contributed by atoms with van der Waals surface area (Å²) in [5, 5.41) is 3.10. The maximum absolute atomic E-state index is 12.7. The third-order valence-corrected chi connectivity index (χ3v) is 4.97. The standard InChI is InChI=1S/C23H30N4O2.HI/c1-4-18-7-11-21(12-8-18)26-23(24)25-13-19-5-9-20(10-6-19)22(28)27-14-16(2)29-17(3)15-27;/h5-12,16-17H,4,13-15H2,1-3H3,(H3,24,25,26);1H. The summed E-state index contributed by atoms with van der Waals surface area (Å²) in [6, 6.07) is 15.7. The first-order valence-corrected chi connectivity index (χ1v) is 10.1. The van der Waals surface area contributed by atoms with Gasteiger partial charge < -0.3 is 20.7 Å². The molecular weight excluding hydrogens is 491 g/mol. The maximum Gasteiger partial charge on any atom is 0.254 e. The molecule has 162 valence electrons. The van der Waals surface area contributed by atoms with Gasteiger partial charge in [-0.1, -0.05) is 31.2 Å². The number of morpholine rings is 1. The predicted octanol–water partition coefficient (Wildman–Crippen LogP) is 4.04. The van der Waals surface area contributed by atoms with Gasteiger partial charge in [0, 0.05) is 24.3 Å².